The third kappa shape index (κ3) is 7.39. The molecule has 2 aromatic carbocycles. The first kappa shape index (κ1) is 30.4. The van der Waals surface area contributed by atoms with Gasteiger partial charge in [0.1, 0.15) is 18.7 Å². The van der Waals surface area contributed by atoms with Crippen molar-refractivity contribution in [1.82, 2.24) is 25.7 Å². The molecule has 42 heavy (non-hydrogen) atoms. The van der Waals surface area contributed by atoms with Crippen LogP contribution in [-0.2, 0) is 20.9 Å². The average molecular weight is 576 g/mol. The maximum absolute atomic E-state index is 13.6. The maximum Gasteiger partial charge on any atom is 0.408 e. The number of aromatic nitrogens is 2. The summed E-state index contributed by atoms with van der Waals surface area (Å²) in [6.07, 6.45) is 0.324. The van der Waals surface area contributed by atoms with E-state index >= 15 is 0 Å². The molecule has 0 spiro atoms. The third-order valence-electron chi connectivity index (χ3n) is 7.17. The van der Waals surface area contributed by atoms with Crippen LogP contribution in [0.2, 0.25) is 0 Å². The fraction of sp³-hybridized carbons (Fsp3) is 0.419. The second-order valence-corrected chi connectivity index (χ2v) is 11.0. The zero-order chi connectivity index (χ0) is 30.2. The Morgan fingerprint density at radius 2 is 1.57 bits per heavy atom. The van der Waals surface area contributed by atoms with Crippen molar-refractivity contribution in [2.24, 2.45) is 11.8 Å². The fourth-order valence-corrected chi connectivity index (χ4v) is 4.83. The number of nitrogens with zero attached hydrogens (tertiary/aromatic N) is 3. The fourth-order valence-electron chi connectivity index (χ4n) is 4.83. The van der Waals surface area contributed by atoms with E-state index in [0.29, 0.717) is 24.9 Å². The molecule has 2 N–H and O–H groups in total. The lowest BCUT2D eigenvalue weighted by Gasteiger charge is -2.31. The van der Waals surface area contributed by atoms with Crippen molar-refractivity contribution < 1.29 is 28.4 Å². The van der Waals surface area contributed by atoms with E-state index in [1.165, 1.54) is 4.90 Å². The van der Waals surface area contributed by atoms with Crippen LogP contribution in [0.4, 0.5) is 4.79 Å². The first-order valence-corrected chi connectivity index (χ1v) is 14.2. The lowest BCUT2D eigenvalue weighted by molar-refractivity contribution is -0.141. The van der Waals surface area contributed by atoms with Gasteiger partial charge >= 0.3 is 6.09 Å². The van der Waals surface area contributed by atoms with Crippen LogP contribution in [-0.4, -0.2) is 63.4 Å². The second-order valence-electron chi connectivity index (χ2n) is 11.0. The van der Waals surface area contributed by atoms with Crippen molar-refractivity contribution in [3.05, 3.63) is 72.1 Å². The number of amides is 3. The molecule has 3 amide bonds. The van der Waals surface area contributed by atoms with Gasteiger partial charge in [-0.1, -0.05) is 81.4 Å². The summed E-state index contributed by atoms with van der Waals surface area (Å²) < 4.78 is 10.6. The van der Waals surface area contributed by atoms with Gasteiger partial charge in [-0.05, 0) is 42.4 Å². The molecule has 0 aliphatic carbocycles. The summed E-state index contributed by atoms with van der Waals surface area (Å²) >= 11 is 0. The van der Waals surface area contributed by atoms with E-state index in [1.807, 2.05) is 62.4 Å². The van der Waals surface area contributed by atoms with Crippen molar-refractivity contribution in [3.63, 3.8) is 0 Å². The lowest BCUT2D eigenvalue weighted by Crippen LogP contribution is -2.57. The van der Waals surface area contributed by atoms with Gasteiger partial charge < -0.3 is 24.8 Å². The number of benzene rings is 2. The summed E-state index contributed by atoms with van der Waals surface area (Å²) in [5.41, 5.74) is 1.49. The lowest BCUT2D eigenvalue weighted by atomic mass is 9.98. The van der Waals surface area contributed by atoms with Gasteiger partial charge in [-0.2, -0.15) is 4.98 Å². The molecule has 222 valence electrons. The van der Waals surface area contributed by atoms with E-state index in [2.05, 4.69) is 20.8 Å². The number of rotatable bonds is 11. The SMILES string of the molecule is CC(C)[C@H](NC(=O)[C@@H]1CCCN1C(=O)[C@@H](NC(=O)OCc1ccccc1)C(C)C)C(=O)c1noc(-c2ccccc2)n1. The molecule has 0 radical (unpaired) electrons. The minimum atomic E-state index is -0.928. The maximum atomic E-state index is 13.6. The number of hydrogen-bond acceptors (Lipinski definition) is 8. The van der Waals surface area contributed by atoms with Crippen LogP contribution >= 0.6 is 0 Å². The van der Waals surface area contributed by atoms with Crippen molar-refractivity contribution in [2.45, 2.75) is 65.3 Å². The molecule has 11 nitrogen and oxygen atoms in total. The zero-order valence-corrected chi connectivity index (χ0v) is 24.3. The summed E-state index contributed by atoms with van der Waals surface area (Å²) in [6.45, 7) is 7.65. The predicted octanol–water partition coefficient (Wildman–Crippen LogP) is 4.00. The van der Waals surface area contributed by atoms with Crippen LogP contribution in [0.1, 0.15) is 56.7 Å². The number of alkyl carbamates (subject to hydrolysis) is 1. The summed E-state index contributed by atoms with van der Waals surface area (Å²) in [5.74, 6) is -1.78. The van der Waals surface area contributed by atoms with E-state index in [-0.39, 0.29) is 36.1 Å². The summed E-state index contributed by atoms with van der Waals surface area (Å²) in [5, 5.41) is 9.34. The first-order chi connectivity index (χ1) is 20.2. The van der Waals surface area contributed by atoms with E-state index in [9.17, 15) is 19.2 Å². The average Bonchev–Trinajstić information content (AvgIpc) is 3.68. The van der Waals surface area contributed by atoms with Crippen LogP contribution in [0.5, 0.6) is 0 Å². The molecule has 0 unspecified atom stereocenters. The molecule has 2 heterocycles. The number of carbonyl (C=O) groups is 4. The van der Waals surface area contributed by atoms with Crippen LogP contribution in [0.3, 0.4) is 0 Å². The number of nitrogens with one attached hydrogen (secondary N) is 2. The van der Waals surface area contributed by atoms with Crippen LogP contribution in [0.15, 0.2) is 65.2 Å². The van der Waals surface area contributed by atoms with E-state index in [1.54, 1.807) is 26.0 Å². The van der Waals surface area contributed by atoms with Crippen LogP contribution < -0.4 is 10.6 Å². The van der Waals surface area contributed by atoms with E-state index < -0.39 is 35.9 Å². The van der Waals surface area contributed by atoms with Crippen LogP contribution in [0, 0.1) is 11.8 Å². The molecule has 1 aliphatic heterocycles. The highest BCUT2D eigenvalue weighted by molar-refractivity contribution is 6.00. The number of hydrogen-bond donors (Lipinski definition) is 2. The van der Waals surface area contributed by atoms with Gasteiger partial charge in [0, 0.05) is 12.1 Å². The number of ketones is 1. The van der Waals surface area contributed by atoms with Gasteiger partial charge in [-0.15, -0.1) is 0 Å². The Bertz CT molecular complexity index is 1370. The highest BCUT2D eigenvalue weighted by Gasteiger charge is 2.40. The number of ether oxygens (including phenoxy) is 1. The normalized spacial score (nSPS) is 16.2. The second kappa shape index (κ2) is 13.9. The number of Topliss-reactive ketones (excluding diaryl/α,β-unsaturated/α-hetero) is 1. The zero-order valence-electron chi connectivity index (χ0n) is 24.3. The minimum Gasteiger partial charge on any atom is -0.445 e. The molecular formula is C31H37N5O6. The predicted molar refractivity (Wildman–Crippen MR) is 154 cm³/mol. The highest BCUT2D eigenvalue weighted by Crippen LogP contribution is 2.22. The number of carbonyl (C=O) groups excluding carboxylic acids is 4. The molecule has 0 saturated carbocycles. The van der Waals surface area contributed by atoms with Crippen molar-refractivity contribution in [1.29, 1.82) is 0 Å². The summed E-state index contributed by atoms with van der Waals surface area (Å²) in [7, 11) is 0. The number of likely N-dealkylation sites (tertiary alicyclic amines) is 1. The molecule has 1 aliphatic rings. The van der Waals surface area contributed by atoms with Gasteiger partial charge in [0.2, 0.25) is 23.4 Å². The smallest absolute Gasteiger partial charge is 0.408 e. The molecular weight excluding hydrogens is 538 g/mol. The minimum absolute atomic E-state index is 0.0677. The van der Waals surface area contributed by atoms with Gasteiger partial charge in [-0.25, -0.2) is 4.79 Å². The van der Waals surface area contributed by atoms with Gasteiger partial charge in [-0.3, -0.25) is 14.4 Å². The monoisotopic (exact) mass is 575 g/mol. The van der Waals surface area contributed by atoms with Gasteiger partial charge in [0.25, 0.3) is 5.89 Å². The molecule has 4 rings (SSSR count). The van der Waals surface area contributed by atoms with Crippen LogP contribution in [0.25, 0.3) is 11.5 Å². The Balaban J connectivity index is 1.41. The van der Waals surface area contributed by atoms with Gasteiger partial charge in [0.15, 0.2) is 0 Å². The molecule has 11 heteroatoms. The first-order valence-electron chi connectivity index (χ1n) is 14.2. The van der Waals surface area contributed by atoms with E-state index in [0.717, 1.165) is 5.56 Å². The Kier molecular flexibility index (Phi) is 10.1. The Hall–Kier alpha value is -4.54. The van der Waals surface area contributed by atoms with Gasteiger partial charge in [0.05, 0.1) is 6.04 Å². The molecule has 0 bridgehead atoms. The topological polar surface area (TPSA) is 144 Å². The summed E-state index contributed by atoms with van der Waals surface area (Å²) in [6, 6.07) is 15.7. The Morgan fingerprint density at radius 1 is 0.929 bits per heavy atom. The van der Waals surface area contributed by atoms with Crippen molar-refractivity contribution >= 4 is 23.7 Å². The van der Waals surface area contributed by atoms with Crippen molar-refractivity contribution in [3.8, 4) is 11.5 Å². The Morgan fingerprint density at radius 3 is 2.21 bits per heavy atom. The summed E-state index contributed by atoms with van der Waals surface area (Å²) in [4.78, 5) is 58.7. The highest BCUT2D eigenvalue weighted by atomic mass is 16.5. The molecule has 3 aromatic rings. The molecule has 1 fully saturated rings. The van der Waals surface area contributed by atoms with E-state index in [4.69, 9.17) is 9.26 Å². The Labute approximate surface area is 245 Å². The molecule has 3 atom stereocenters. The van der Waals surface area contributed by atoms with Crippen molar-refractivity contribution in [2.75, 3.05) is 6.54 Å². The quantitative estimate of drug-likeness (QED) is 0.327. The largest absolute Gasteiger partial charge is 0.445 e. The molecule has 1 aromatic heterocycles. The molecule has 1 saturated heterocycles. The standard InChI is InChI=1S/C31H37N5O6/c1-19(2)24(26(37)27-34-29(42-35-27)22-14-9-6-10-15-22)32-28(38)23-16-11-17-36(23)30(39)25(20(3)4)33-31(40)41-18-21-12-7-5-8-13-21/h5-10,12-15,19-20,23-25H,11,16-18H2,1-4H3,(H,32,38)(H,33,40)/t23-,24-,25-/m0/s1. The third-order valence-corrected chi connectivity index (χ3v) is 7.17.